The lowest BCUT2D eigenvalue weighted by molar-refractivity contribution is -0.122. The molecule has 2 aliphatic rings. The molecular weight excluding hydrogens is 340 g/mol. The molecule has 0 spiro atoms. The SMILES string of the molecule is COc1ccc(Br)cc1/C=C1/NC(=S)N(C2CC2)C1=O. The minimum absolute atomic E-state index is 0.0560. The summed E-state index contributed by atoms with van der Waals surface area (Å²) in [6.07, 6.45) is 3.84. The quantitative estimate of drug-likeness (QED) is 0.670. The topological polar surface area (TPSA) is 41.6 Å². The van der Waals surface area contributed by atoms with Gasteiger partial charge < -0.3 is 10.1 Å². The van der Waals surface area contributed by atoms with Crippen LogP contribution < -0.4 is 10.1 Å². The molecule has 1 amide bonds. The van der Waals surface area contributed by atoms with E-state index in [2.05, 4.69) is 21.2 Å². The number of ether oxygens (including phenoxy) is 1. The van der Waals surface area contributed by atoms with Gasteiger partial charge in [-0.2, -0.15) is 0 Å². The number of benzene rings is 1. The van der Waals surface area contributed by atoms with Gasteiger partial charge in [0.15, 0.2) is 5.11 Å². The summed E-state index contributed by atoms with van der Waals surface area (Å²) in [4.78, 5) is 14.0. The van der Waals surface area contributed by atoms with Crippen molar-refractivity contribution in [2.45, 2.75) is 18.9 Å². The summed E-state index contributed by atoms with van der Waals surface area (Å²) < 4.78 is 6.24. The van der Waals surface area contributed by atoms with Crippen molar-refractivity contribution in [3.8, 4) is 5.75 Å². The van der Waals surface area contributed by atoms with Gasteiger partial charge in [-0.3, -0.25) is 9.69 Å². The van der Waals surface area contributed by atoms with Crippen LogP contribution in [-0.2, 0) is 4.79 Å². The molecule has 4 nitrogen and oxygen atoms in total. The third-order valence-corrected chi connectivity index (χ3v) is 4.11. The Morgan fingerprint density at radius 1 is 1.50 bits per heavy atom. The number of hydrogen-bond acceptors (Lipinski definition) is 3. The molecule has 0 aromatic heterocycles. The number of halogens is 1. The van der Waals surface area contributed by atoms with Crippen molar-refractivity contribution in [1.29, 1.82) is 0 Å². The molecule has 6 heteroatoms. The number of nitrogens with zero attached hydrogens (tertiary/aromatic N) is 1. The highest BCUT2D eigenvalue weighted by atomic mass is 79.9. The lowest BCUT2D eigenvalue weighted by Gasteiger charge is -2.11. The van der Waals surface area contributed by atoms with Crippen molar-refractivity contribution in [3.63, 3.8) is 0 Å². The van der Waals surface area contributed by atoms with E-state index in [1.807, 2.05) is 18.2 Å². The number of methoxy groups -OCH3 is 1. The van der Waals surface area contributed by atoms with E-state index < -0.39 is 0 Å². The fraction of sp³-hybridized carbons (Fsp3) is 0.286. The Morgan fingerprint density at radius 2 is 2.25 bits per heavy atom. The summed E-state index contributed by atoms with van der Waals surface area (Å²) in [6.45, 7) is 0. The van der Waals surface area contributed by atoms with E-state index in [0.29, 0.717) is 16.6 Å². The molecule has 20 heavy (non-hydrogen) atoms. The van der Waals surface area contributed by atoms with Gasteiger partial charge in [-0.05, 0) is 49.3 Å². The Hall–Kier alpha value is -1.40. The van der Waals surface area contributed by atoms with Crippen LogP contribution in [0.5, 0.6) is 5.75 Å². The molecule has 1 aromatic carbocycles. The predicted octanol–water partition coefficient (Wildman–Crippen LogP) is 2.68. The molecule has 1 aromatic rings. The fourth-order valence-electron chi connectivity index (χ4n) is 2.19. The molecule has 1 aliphatic carbocycles. The summed E-state index contributed by atoms with van der Waals surface area (Å²) >= 11 is 8.65. The lowest BCUT2D eigenvalue weighted by Crippen LogP contribution is -2.32. The first-order chi connectivity index (χ1) is 9.60. The van der Waals surface area contributed by atoms with Gasteiger partial charge in [0.2, 0.25) is 0 Å². The maximum atomic E-state index is 12.3. The minimum atomic E-state index is -0.0560. The summed E-state index contributed by atoms with van der Waals surface area (Å²) in [5.41, 5.74) is 1.33. The second-order valence-corrected chi connectivity index (χ2v) is 6.08. The number of hydrogen-bond donors (Lipinski definition) is 1. The highest BCUT2D eigenvalue weighted by molar-refractivity contribution is 9.10. The van der Waals surface area contributed by atoms with Gasteiger partial charge in [0.25, 0.3) is 5.91 Å². The van der Waals surface area contributed by atoms with Crippen LogP contribution in [0, 0.1) is 0 Å². The minimum Gasteiger partial charge on any atom is -0.496 e. The fourth-order valence-corrected chi connectivity index (χ4v) is 2.91. The zero-order chi connectivity index (χ0) is 14.3. The largest absolute Gasteiger partial charge is 0.496 e. The Kier molecular flexibility index (Phi) is 3.52. The number of carbonyl (C=O) groups excluding carboxylic acids is 1. The number of thiocarbonyl (C=S) groups is 1. The van der Waals surface area contributed by atoms with E-state index >= 15 is 0 Å². The van der Waals surface area contributed by atoms with Crippen LogP contribution in [0.3, 0.4) is 0 Å². The van der Waals surface area contributed by atoms with Gasteiger partial charge >= 0.3 is 0 Å². The van der Waals surface area contributed by atoms with E-state index in [0.717, 1.165) is 22.9 Å². The zero-order valence-electron chi connectivity index (χ0n) is 10.9. The van der Waals surface area contributed by atoms with Crippen molar-refractivity contribution in [2.24, 2.45) is 0 Å². The maximum absolute atomic E-state index is 12.3. The summed E-state index contributed by atoms with van der Waals surface area (Å²) in [5.74, 6) is 0.658. The third-order valence-electron chi connectivity index (χ3n) is 3.31. The molecule has 1 heterocycles. The highest BCUT2D eigenvalue weighted by Gasteiger charge is 2.41. The summed E-state index contributed by atoms with van der Waals surface area (Å²) in [7, 11) is 1.61. The number of nitrogens with one attached hydrogen (secondary N) is 1. The van der Waals surface area contributed by atoms with Crippen LogP contribution in [0.4, 0.5) is 0 Å². The molecule has 1 saturated carbocycles. The average molecular weight is 353 g/mol. The van der Waals surface area contributed by atoms with Crippen LogP contribution in [0.15, 0.2) is 28.4 Å². The monoisotopic (exact) mass is 352 g/mol. The standard InChI is InChI=1S/C14H13BrN2O2S/c1-19-12-5-2-9(15)6-8(12)7-11-13(18)17(10-3-4-10)14(20)16-11/h2,5-7,10H,3-4H2,1H3,(H,16,20)/b11-7+. The van der Waals surface area contributed by atoms with E-state index in [-0.39, 0.29) is 11.9 Å². The molecule has 0 atom stereocenters. The molecule has 3 rings (SSSR count). The first kappa shape index (κ1) is 13.6. The highest BCUT2D eigenvalue weighted by Crippen LogP contribution is 2.32. The summed E-state index contributed by atoms with van der Waals surface area (Å²) in [6, 6.07) is 5.93. The molecule has 0 bridgehead atoms. The van der Waals surface area contributed by atoms with Gasteiger partial charge in [0.05, 0.1) is 7.11 Å². The molecule has 0 radical (unpaired) electrons. The summed E-state index contributed by atoms with van der Waals surface area (Å²) in [5, 5.41) is 3.49. The van der Waals surface area contributed by atoms with Gasteiger partial charge in [0.1, 0.15) is 11.4 Å². The Morgan fingerprint density at radius 3 is 2.90 bits per heavy atom. The smallest absolute Gasteiger partial charge is 0.276 e. The van der Waals surface area contributed by atoms with Crippen molar-refractivity contribution in [1.82, 2.24) is 10.2 Å². The van der Waals surface area contributed by atoms with Crippen molar-refractivity contribution in [3.05, 3.63) is 33.9 Å². The number of amides is 1. The first-order valence-electron chi connectivity index (χ1n) is 6.30. The van der Waals surface area contributed by atoms with E-state index in [9.17, 15) is 4.79 Å². The predicted molar refractivity (Wildman–Crippen MR) is 84.3 cm³/mol. The van der Waals surface area contributed by atoms with Crippen LogP contribution in [0.25, 0.3) is 6.08 Å². The Balaban J connectivity index is 1.94. The molecule has 0 unspecified atom stereocenters. The van der Waals surface area contributed by atoms with Crippen molar-refractivity contribution < 1.29 is 9.53 Å². The maximum Gasteiger partial charge on any atom is 0.276 e. The number of carbonyl (C=O) groups is 1. The second-order valence-electron chi connectivity index (χ2n) is 4.78. The Labute approximate surface area is 130 Å². The zero-order valence-corrected chi connectivity index (χ0v) is 13.3. The molecule has 104 valence electrons. The van der Waals surface area contributed by atoms with Gasteiger partial charge in [-0.1, -0.05) is 15.9 Å². The van der Waals surface area contributed by atoms with Crippen LogP contribution in [-0.4, -0.2) is 29.1 Å². The van der Waals surface area contributed by atoms with E-state index in [1.165, 1.54) is 0 Å². The molecule has 1 saturated heterocycles. The van der Waals surface area contributed by atoms with E-state index in [1.54, 1.807) is 18.1 Å². The Bertz CT molecular complexity index is 626. The lowest BCUT2D eigenvalue weighted by atomic mass is 10.1. The molecule has 2 fully saturated rings. The number of rotatable bonds is 3. The van der Waals surface area contributed by atoms with Gasteiger partial charge in [0, 0.05) is 16.1 Å². The second kappa shape index (κ2) is 5.18. The van der Waals surface area contributed by atoms with E-state index in [4.69, 9.17) is 17.0 Å². The normalized spacial score (nSPS) is 20.5. The van der Waals surface area contributed by atoms with Crippen molar-refractivity contribution >= 4 is 45.2 Å². The third kappa shape index (κ3) is 2.45. The first-order valence-corrected chi connectivity index (χ1v) is 7.50. The molecule has 1 aliphatic heterocycles. The molecule has 1 N–H and O–H groups in total. The van der Waals surface area contributed by atoms with Gasteiger partial charge in [-0.25, -0.2) is 0 Å². The van der Waals surface area contributed by atoms with Crippen molar-refractivity contribution in [2.75, 3.05) is 7.11 Å². The van der Waals surface area contributed by atoms with Crippen LogP contribution in [0.2, 0.25) is 0 Å². The molecular formula is C14H13BrN2O2S. The van der Waals surface area contributed by atoms with Crippen LogP contribution in [0.1, 0.15) is 18.4 Å². The average Bonchev–Trinajstić information content (AvgIpc) is 3.19. The van der Waals surface area contributed by atoms with Crippen LogP contribution >= 0.6 is 28.1 Å². The van der Waals surface area contributed by atoms with Gasteiger partial charge in [-0.15, -0.1) is 0 Å².